The Morgan fingerprint density at radius 2 is 0.821 bits per heavy atom. The van der Waals surface area contributed by atoms with Crippen molar-refractivity contribution in [2.75, 3.05) is 10.6 Å². The molecule has 10 heteroatoms. The van der Waals surface area contributed by atoms with Gasteiger partial charge in [0, 0.05) is 92.7 Å². The third-order valence-electron chi connectivity index (χ3n) is 9.55. The van der Waals surface area contributed by atoms with Crippen LogP contribution < -0.4 is 10.6 Å². The lowest BCUT2D eigenvalue weighted by molar-refractivity contribution is -0.115. The monoisotopic (exact) mass is 747 g/mol. The zero-order chi connectivity index (χ0) is 38.2. The lowest BCUT2D eigenvalue weighted by atomic mass is 10.0. The van der Waals surface area contributed by atoms with Crippen molar-refractivity contribution >= 4 is 79.3 Å². The number of anilines is 2. The molecule has 2 aliphatic heterocycles. The summed E-state index contributed by atoms with van der Waals surface area (Å²) in [5.41, 5.74) is 14.1. The molecule has 0 fully saturated rings. The van der Waals surface area contributed by atoms with E-state index >= 15 is 0 Å². The SMILES string of the molecule is CC(=O)Nc1ccc(-c2c3nc(c(-c4ccc(NC(C)=O)cc4)c4ccc(s4)c(-c4ccncc4)c4nc(c(-c5ccncc5)c5ccc2[nH]5)C=C4)C=C3)cc1. The molecule has 56 heavy (non-hydrogen) atoms. The van der Waals surface area contributed by atoms with E-state index in [1.165, 1.54) is 13.8 Å². The van der Waals surface area contributed by atoms with Crippen molar-refractivity contribution < 1.29 is 9.59 Å². The summed E-state index contributed by atoms with van der Waals surface area (Å²) in [4.78, 5) is 46.8. The highest BCUT2D eigenvalue weighted by Gasteiger charge is 2.19. The Labute approximate surface area is 326 Å². The minimum atomic E-state index is -0.134. The smallest absolute Gasteiger partial charge is 0.221 e. The van der Waals surface area contributed by atoms with Crippen LogP contribution in [0.1, 0.15) is 36.6 Å². The first-order valence-corrected chi connectivity index (χ1v) is 18.8. The summed E-state index contributed by atoms with van der Waals surface area (Å²) in [6, 6.07) is 32.1. The summed E-state index contributed by atoms with van der Waals surface area (Å²) in [7, 11) is 0. The van der Waals surface area contributed by atoms with Gasteiger partial charge in [-0.2, -0.15) is 0 Å². The molecule has 9 nitrogen and oxygen atoms in total. The summed E-state index contributed by atoms with van der Waals surface area (Å²) >= 11 is 1.68. The number of aromatic amines is 1. The molecule has 0 atom stereocenters. The number of thiophene rings is 1. The maximum Gasteiger partial charge on any atom is 0.221 e. The topological polar surface area (TPSA) is 126 Å². The molecule has 7 heterocycles. The molecule has 0 radical (unpaired) electrons. The van der Waals surface area contributed by atoms with Gasteiger partial charge in [0.1, 0.15) is 0 Å². The maximum atomic E-state index is 11.9. The Morgan fingerprint density at radius 3 is 1.23 bits per heavy atom. The van der Waals surface area contributed by atoms with Gasteiger partial charge in [0.2, 0.25) is 11.8 Å². The Hall–Kier alpha value is -7.30. The van der Waals surface area contributed by atoms with Crippen LogP contribution in [-0.2, 0) is 9.59 Å². The van der Waals surface area contributed by atoms with E-state index in [0.717, 1.165) is 87.7 Å². The molecular weight excluding hydrogens is 715 g/mol. The molecular formula is C46H33N7O2S. The van der Waals surface area contributed by atoms with Crippen LogP contribution in [0, 0.1) is 0 Å². The molecule has 0 aliphatic carbocycles. The predicted octanol–water partition coefficient (Wildman–Crippen LogP) is 10.8. The molecule has 3 N–H and O–H groups in total. The fourth-order valence-electron chi connectivity index (χ4n) is 7.17. The van der Waals surface area contributed by atoms with Gasteiger partial charge in [0.25, 0.3) is 0 Å². The Bertz CT molecular complexity index is 2700. The van der Waals surface area contributed by atoms with E-state index < -0.39 is 0 Å². The second kappa shape index (κ2) is 14.5. The van der Waals surface area contributed by atoms with Crippen molar-refractivity contribution in [1.82, 2.24) is 24.9 Å². The first-order chi connectivity index (χ1) is 27.4. The normalized spacial score (nSPS) is 11.8. The number of fused-ring (bicyclic) bond motifs is 8. The summed E-state index contributed by atoms with van der Waals surface area (Å²) in [6.07, 6.45) is 15.5. The number of hydrogen-bond acceptors (Lipinski definition) is 7. The molecule has 7 aromatic rings. The van der Waals surface area contributed by atoms with Gasteiger partial charge in [0.15, 0.2) is 0 Å². The highest BCUT2D eigenvalue weighted by atomic mass is 32.1. The minimum Gasteiger partial charge on any atom is -0.354 e. The first-order valence-electron chi connectivity index (χ1n) is 18.0. The number of nitrogens with zero attached hydrogens (tertiary/aromatic N) is 4. The van der Waals surface area contributed by atoms with E-state index in [1.54, 1.807) is 36.1 Å². The van der Waals surface area contributed by atoms with Crippen LogP contribution in [0.15, 0.2) is 122 Å². The van der Waals surface area contributed by atoms with Crippen LogP contribution >= 0.6 is 11.3 Å². The summed E-state index contributed by atoms with van der Waals surface area (Å²) in [5, 5.41) is 5.76. The number of pyridine rings is 2. The molecule has 0 spiro atoms. The van der Waals surface area contributed by atoms with Crippen LogP contribution in [0.3, 0.4) is 0 Å². The second-order valence-corrected chi connectivity index (χ2v) is 14.5. The number of aromatic nitrogens is 5. The molecule has 2 aromatic carbocycles. The summed E-state index contributed by atoms with van der Waals surface area (Å²) in [5.74, 6) is -0.264. The van der Waals surface area contributed by atoms with Gasteiger partial charge in [-0.1, -0.05) is 24.3 Å². The Kier molecular flexibility index (Phi) is 8.92. The predicted molar refractivity (Wildman–Crippen MR) is 228 cm³/mol. The van der Waals surface area contributed by atoms with E-state index in [1.807, 2.05) is 72.8 Å². The van der Waals surface area contributed by atoms with Crippen molar-refractivity contribution in [3.05, 3.63) is 145 Å². The van der Waals surface area contributed by atoms with Gasteiger partial charge in [-0.3, -0.25) is 19.6 Å². The van der Waals surface area contributed by atoms with E-state index in [9.17, 15) is 9.59 Å². The maximum absolute atomic E-state index is 11.9. The Balaban J connectivity index is 1.41. The van der Waals surface area contributed by atoms with Gasteiger partial charge in [0.05, 0.1) is 22.8 Å². The number of carbonyl (C=O) groups excluding carboxylic acids is 2. The van der Waals surface area contributed by atoms with Crippen molar-refractivity contribution in [3.63, 3.8) is 0 Å². The summed E-state index contributed by atoms with van der Waals surface area (Å²) in [6.45, 7) is 3.00. The molecule has 0 unspecified atom stereocenters. The standard InChI is InChI=1S/C46H33N7O2S/c1-27(54)49-33-7-3-29(4-8-33)43-35-11-12-37(51-35)44(31-19-23-47-24-20-31)38-14-16-40(53-38)46(32-21-25-48-26-22-32)42-18-17-41(56-42)45(39-15-13-36(43)52-39)30-5-9-34(10-6-30)50-28(2)55/h3-26,51H,1-2H3,(H,49,54)(H,50,55). The van der Waals surface area contributed by atoms with Crippen molar-refractivity contribution in [3.8, 4) is 44.5 Å². The van der Waals surface area contributed by atoms with Crippen LogP contribution in [0.2, 0.25) is 0 Å². The largest absolute Gasteiger partial charge is 0.354 e. The number of carbonyl (C=O) groups is 2. The molecule has 8 bridgehead atoms. The fraction of sp³-hybridized carbons (Fsp3) is 0.0435. The van der Waals surface area contributed by atoms with Gasteiger partial charge >= 0.3 is 0 Å². The second-order valence-electron chi connectivity index (χ2n) is 13.4. The highest BCUT2D eigenvalue weighted by Crippen LogP contribution is 2.41. The third kappa shape index (κ3) is 6.69. The van der Waals surface area contributed by atoms with Crippen LogP contribution in [0.4, 0.5) is 11.4 Å². The minimum absolute atomic E-state index is 0.130. The number of benzene rings is 2. The van der Waals surface area contributed by atoms with E-state index in [4.69, 9.17) is 9.97 Å². The average molecular weight is 748 g/mol. The number of nitrogens with one attached hydrogen (secondary N) is 3. The van der Waals surface area contributed by atoms with E-state index in [2.05, 4.69) is 74.2 Å². The first kappa shape index (κ1) is 34.5. The van der Waals surface area contributed by atoms with Crippen LogP contribution in [0.5, 0.6) is 0 Å². The quantitative estimate of drug-likeness (QED) is 0.155. The van der Waals surface area contributed by atoms with Crippen molar-refractivity contribution in [1.29, 1.82) is 0 Å². The van der Waals surface area contributed by atoms with Gasteiger partial charge in [-0.05, 0) is 119 Å². The summed E-state index contributed by atoms with van der Waals surface area (Å²) < 4.78 is 2.07. The average Bonchev–Trinajstić information content (AvgIpc) is 4.05. The molecule has 9 rings (SSSR count). The highest BCUT2D eigenvalue weighted by molar-refractivity contribution is 7.24. The zero-order valence-corrected chi connectivity index (χ0v) is 31.2. The molecule has 0 saturated heterocycles. The van der Waals surface area contributed by atoms with E-state index in [-0.39, 0.29) is 11.8 Å². The lowest BCUT2D eigenvalue weighted by Crippen LogP contribution is -2.05. The molecule has 5 aromatic heterocycles. The molecule has 2 amide bonds. The van der Waals surface area contributed by atoms with Crippen LogP contribution in [-0.4, -0.2) is 36.7 Å². The van der Waals surface area contributed by atoms with E-state index in [0.29, 0.717) is 11.4 Å². The fourth-order valence-corrected chi connectivity index (χ4v) is 8.33. The molecule has 270 valence electrons. The van der Waals surface area contributed by atoms with Crippen LogP contribution in [0.25, 0.3) is 89.2 Å². The van der Waals surface area contributed by atoms with Gasteiger partial charge in [-0.25, -0.2) is 9.97 Å². The van der Waals surface area contributed by atoms with Crippen molar-refractivity contribution in [2.45, 2.75) is 13.8 Å². The van der Waals surface area contributed by atoms with Crippen molar-refractivity contribution in [2.24, 2.45) is 0 Å². The number of H-pyrrole nitrogens is 1. The third-order valence-corrected chi connectivity index (χ3v) is 10.7. The number of amides is 2. The zero-order valence-electron chi connectivity index (χ0n) is 30.4. The van der Waals surface area contributed by atoms with Gasteiger partial charge in [-0.15, -0.1) is 11.3 Å². The molecule has 0 saturated carbocycles. The van der Waals surface area contributed by atoms with Gasteiger partial charge < -0.3 is 15.6 Å². The lowest BCUT2D eigenvalue weighted by Gasteiger charge is -2.08. The number of hydrogen-bond donors (Lipinski definition) is 3. The molecule has 2 aliphatic rings. The number of rotatable bonds is 6. The Morgan fingerprint density at radius 1 is 0.464 bits per heavy atom.